The average molecular weight is 499 g/mol. The van der Waals surface area contributed by atoms with Crippen LogP contribution in [0.5, 0.6) is 0 Å². The van der Waals surface area contributed by atoms with E-state index in [1.54, 1.807) is 0 Å². The molecule has 1 aliphatic rings. The third-order valence-corrected chi connectivity index (χ3v) is 7.11. The third kappa shape index (κ3) is 5.29. The number of pyridine rings is 1. The van der Waals surface area contributed by atoms with Crippen LogP contribution in [-0.4, -0.2) is 35.4 Å². The van der Waals surface area contributed by atoms with Crippen LogP contribution in [0.3, 0.4) is 0 Å². The summed E-state index contributed by atoms with van der Waals surface area (Å²) in [6, 6.07) is 36.6. The largest absolute Gasteiger partial charge is 0.355 e. The number of aromatic nitrogens is 1. The topological polar surface area (TPSA) is 57.3 Å². The van der Waals surface area contributed by atoms with Crippen molar-refractivity contribution < 1.29 is 4.79 Å². The number of rotatable bonds is 7. The molecule has 0 saturated heterocycles. The molecule has 4 aromatic carbocycles. The highest BCUT2D eigenvalue weighted by Crippen LogP contribution is 2.30. The van der Waals surface area contributed by atoms with Gasteiger partial charge >= 0.3 is 0 Å². The lowest BCUT2D eigenvalue weighted by Crippen LogP contribution is -2.37. The van der Waals surface area contributed by atoms with Crippen LogP contribution in [0.2, 0.25) is 0 Å². The predicted octanol–water partition coefficient (Wildman–Crippen LogP) is 6.43. The lowest BCUT2D eigenvalue weighted by Gasteiger charge is -2.28. The van der Waals surface area contributed by atoms with Crippen molar-refractivity contribution in [3.8, 4) is 11.3 Å². The molecule has 0 fully saturated rings. The molecule has 1 aromatic heterocycles. The molecule has 0 bridgehead atoms. The van der Waals surface area contributed by atoms with E-state index >= 15 is 0 Å². The van der Waals surface area contributed by atoms with Crippen LogP contribution in [0.25, 0.3) is 22.2 Å². The molecule has 1 aliphatic heterocycles. The second-order valence-electron chi connectivity index (χ2n) is 9.69. The van der Waals surface area contributed by atoms with Crippen molar-refractivity contribution >= 4 is 28.2 Å². The van der Waals surface area contributed by atoms with Crippen molar-refractivity contribution in [1.29, 1.82) is 0 Å². The van der Waals surface area contributed by atoms with Gasteiger partial charge in [-0.1, -0.05) is 78.9 Å². The molecular weight excluding hydrogens is 468 g/mol. The van der Waals surface area contributed by atoms with E-state index in [-0.39, 0.29) is 5.91 Å². The summed E-state index contributed by atoms with van der Waals surface area (Å²) in [4.78, 5) is 20.2. The predicted molar refractivity (Wildman–Crippen MR) is 155 cm³/mol. The lowest BCUT2D eigenvalue weighted by atomic mass is 10.00. The smallest absolute Gasteiger partial charge is 0.251 e. The minimum atomic E-state index is -0.0596. The normalized spacial score (nSPS) is 13.2. The molecular formula is C33H30N4O. The zero-order chi connectivity index (χ0) is 25.7. The van der Waals surface area contributed by atoms with Gasteiger partial charge < -0.3 is 10.6 Å². The van der Waals surface area contributed by atoms with Crippen LogP contribution in [-0.2, 0) is 13.0 Å². The van der Waals surface area contributed by atoms with Crippen molar-refractivity contribution in [2.24, 2.45) is 0 Å². The summed E-state index contributed by atoms with van der Waals surface area (Å²) in [5, 5.41) is 7.68. The van der Waals surface area contributed by atoms with Crippen molar-refractivity contribution in [3.05, 3.63) is 126 Å². The monoisotopic (exact) mass is 498 g/mol. The Bertz CT molecular complexity index is 1580. The molecule has 6 rings (SSSR count). The van der Waals surface area contributed by atoms with Crippen LogP contribution >= 0.6 is 0 Å². The van der Waals surface area contributed by atoms with E-state index in [2.05, 4.69) is 64.1 Å². The average Bonchev–Trinajstić information content (AvgIpc) is 2.97. The van der Waals surface area contributed by atoms with E-state index in [4.69, 9.17) is 4.98 Å². The Hall–Kier alpha value is -4.48. The molecule has 0 saturated carbocycles. The maximum absolute atomic E-state index is 13.0. The SMILES string of the molecule is O=C(NCCN1CCc2ccccc2C1)c1cccc(Nc2cc(-c3ccccc3)nc3ccccc23)c1. The maximum atomic E-state index is 13.0. The number of nitrogens with zero attached hydrogens (tertiary/aromatic N) is 2. The number of anilines is 2. The molecule has 5 heteroatoms. The molecule has 0 spiro atoms. The number of para-hydroxylation sites is 1. The second kappa shape index (κ2) is 10.9. The standard InChI is InChI=1S/C33H30N4O/c38-33(34-18-20-37-19-17-24-9-4-5-12-27(24)23-37)26-13-8-14-28(21-26)35-32-22-31(25-10-2-1-3-11-25)36-30-16-7-6-15-29(30)32/h1-16,21-22H,17-20,23H2,(H,34,38)(H,35,36). The maximum Gasteiger partial charge on any atom is 0.251 e. The highest BCUT2D eigenvalue weighted by atomic mass is 16.1. The van der Waals surface area contributed by atoms with Crippen molar-refractivity contribution in [2.45, 2.75) is 13.0 Å². The number of fused-ring (bicyclic) bond motifs is 2. The Labute approximate surface area is 223 Å². The van der Waals surface area contributed by atoms with Gasteiger partial charge in [0.15, 0.2) is 0 Å². The summed E-state index contributed by atoms with van der Waals surface area (Å²) in [6.45, 7) is 3.42. The van der Waals surface area contributed by atoms with E-state index in [9.17, 15) is 4.79 Å². The van der Waals surface area contributed by atoms with E-state index in [1.165, 1.54) is 11.1 Å². The lowest BCUT2D eigenvalue weighted by molar-refractivity contribution is 0.0947. The Morgan fingerprint density at radius 1 is 0.816 bits per heavy atom. The first-order chi connectivity index (χ1) is 18.7. The van der Waals surface area contributed by atoms with Crippen molar-refractivity contribution in [3.63, 3.8) is 0 Å². The number of hydrogen-bond acceptors (Lipinski definition) is 4. The molecule has 0 atom stereocenters. The zero-order valence-electron chi connectivity index (χ0n) is 21.2. The fourth-order valence-corrected chi connectivity index (χ4v) is 5.10. The van der Waals surface area contributed by atoms with Crippen LogP contribution in [0.1, 0.15) is 21.5 Å². The highest BCUT2D eigenvalue weighted by molar-refractivity contribution is 5.97. The second-order valence-corrected chi connectivity index (χ2v) is 9.69. The van der Waals surface area contributed by atoms with E-state index in [1.807, 2.05) is 60.7 Å². The number of carbonyl (C=O) groups is 1. The summed E-state index contributed by atoms with van der Waals surface area (Å²) < 4.78 is 0. The van der Waals surface area contributed by atoms with Crippen LogP contribution < -0.4 is 10.6 Å². The van der Waals surface area contributed by atoms with Gasteiger partial charge in [0.05, 0.1) is 16.9 Å². The highest BCUT2D eigenvalue weighted by Gasteiger charge is 2.16. The Kier molecular flexibility index (Phi) is 6.83. The summed E-state index contributed by atoms with van der Waals surface area (Å²) in [7, 11) is 0. The number of nitrogens with one attached hydrogen (secondary N) is 2. The number of benzene rings is 4. The van der Waals surface area contributed by atoms with Crippen LogP contribution in [0.15, 0.2) is 109 Å². The molecule has 38 heavy (non-hydrogen) atoms. The van der Waals surface area contributed by atoms with Gasteiger partial charge in [0.25, 0.3) is 5.91 Å². The Balaban J connectivity index is 1.15. The first kappa shape index (κ1) is 23.9. The van der Waals surface area contributed by atoms with Crippen LogP contribution in [0.4, 0.5) is 11.4 Å². The summed E-state index contributed by atoms with van der Waals surface area (Å²) in [5.74, 6) is -0.0596. The van der Waals surface area contributed by atoms with Gasteiger partial charge in [-0.3, -0.25) is 9.69 Å². The van der Waals surface area contributed by atoms with Gasteiger partial charge in [0.2, 0.25) is 0 Å². The first-order valence-corrected chi connectivity index (χ1v) is 13.1. The Morgan fingerprint density at radius 3 is 2.50 bits per heavy atom. The molecule has 0 radical (unpaired) electrons. The summed E-state index contributed by atoms with van der Waals surface area (Å²) >= 11 is 0. The number of hydrogen-bond donors (Lipinski definition) is 2. The fourth-order valence-electron chi connectivity index (χ4n) is 5.10. The van der Waals surface area contributed by atoms with Crippen LogP contribution in [0, 0.1) is 0 Å². The molecule has 5 aromatic rings. The molecule has 5 nitrogen and oxygen atoms in total. The van der Waals surface area contributed by atoms with Gasteiger partial charge in [-0.15, -0.1) is 0 Å². The quantitative estimate of drug-likeness (QED) is 0.271. The van der Waals surface area contributed by atoms with Gasteiger partial charge in [-0.05, 0) is 47.9 Å². The molecule has 1 amide bonds. The van der Waals surface area contributed by atoms with Crippen molar-refractivity contribution in [1.82, 2.24) is 15.2 Å². The Morgan fingerprint density at radius 2 is 1.61 bits per heavy atom. The summed E-state index contributed by atoms with van der Waals surface area (Å²) in [6.07, 6.45) is 1.06. The molecule has 0 aliphatic carbocycles. The van der Waals surface area contributed by atoms with E-state index in [0.717, 1.165) is 59.6 Å². The zero-order valence-corrected chi connectivity index (χ0v) is 21.2. The minimum absolute atomic E-state index is 0.0596. The molecule has 188 valence electrons. The van der Waals surface area contributed by atoms with Gasteiger partial charge in [-0.25, -0.2) is 4.98 Å². The molecule has 0 unspecified atom stereocenters. The molecule has 2 heterocycles. The third-order valence-electron chi connectivity index (χ3n) is 7.11. The summed E-state index contributed by atoms with van der Waals surface area (Å²) in [5.41, 5.74) is 8.18. The van der Waals surface area contributed by atoms with Gasteiger partial charge in [-0.2, -0.15) is 0 Å². The van der Waals surface area contributed by atoms with Gasteiger partial charge in [0, 0.05) is 48.4 Å². The van der Waals surface area contributed by atoms with Gasteiger partial charge in [0.1, 0.15) is 0 Å². The van der Waals surface area contributed by atoms with E-state index in [0.29, 0.717) is 12.1 Å². The fraction of sp³-hybridized carbons (Fsp3) is 0.152. The van der Waals surface area contributed by atoms with Crippen molar-refractivity contribution in [2.75, 3.05) is 25.0 Å². The number of carbonyl (C=O) groups excluding carboxylic acids is 1. The minimum Gasteiger partial charge on any atom is -0.355 e. The number of amides is 1. The first-order valence-electron chi connectivity index (χ1n) is 13.1. The van der Waals surface area contributed by atoms with E-state index < -0.39 is 0 Å². The molecule has 2 N–H and O–H groups in total.